The van der Waals surface area contributed by atoms with Crippen LogP contribution in [-0.2, 0) is 11.4 Å². The molecule has 2 rings (SSSR count). The quantitative estimate of drug-likeness (QED) is 0.594. The first-order valence-electron chi connectivity index (χ1n) is 6.30. The average Bonchev–Trinajstić information content (AvgIpc) is 2.52. The number of ether oxygens (including phenoxy) is 2. The summed E-state index contributed by atoms with van der Waals surface area (Å²) in [6.07, 6.45) is 3.87. The Morgan fingerprint density at radius 2 is 1.90 bits per heavy atom. The van der Waals surface area contributed by atoms with Crippen molar-refractivity contribution in [1.29, 1.82) is 0 Å². The molecule has 0 bridgehead atoms. The maximum absolute atomic E-state index is 10.4. The molecule has 20 heavy (non-hydrogen) atoms. The van der Waals surface area contributed by atoms with Crippen molar-refractivity contribution in [1.82, 2.24) is 0 Å². The number of benzene rings is 2. The molecule has 2 aromatic carbocycles. The Morgan fingerprint density at radius 3 is 2.60 bits per heavy atom. The predicted octanol–water partition coefficient (Wildman–Crippen LogP) is 3.49. The number of carbonyl (C=O) groups excluding carboxylic acids is 1. The molecule has 102 valence electrons. The molecule has 0 aromatic heterocycles. The van der Waals surface area contributed by atoms with Gasteiger partial charge in [-0.05, 0) is 29.8 Å². The summed E-state index contributed by atoms with van der Waals surface area (Å²) >= 11 is 0. The molecule has 0 heterocycles. The van der Waals surface area contributed by atoms with Gasteiger partial charge in [0.1, 0.15) is 24.4 Å². The normalized spacial score (nSPS) is 10.4. The molecule has 0 fully saturated rings. The lowest BCUT2D eigenvalue weighted by atomic mass is 10.1. The Hall–Kier alpha value is -2.55. The van der Waals surface area contributed by atoms with Crippen LogP contribution in [0.5, 0.6) is 11.5 Å². The van der Waals surface area contributed by atoms with Gasteiger partial charge in [-0.3, -0.25) is 4.79 Å². The predicted molar refractivity (Wildman–Crippen MR) is 78.9 cm³/mol. The molecule has 0 aliphatic rings. The molecule has 0 atom stereocenters. The maximum atomic E-state index is 10.4. The van der Waals surface area contributed by atoms with Gasteiger partial charge < -0.3 is 9.47 Å². The van der Waals surface area contributed by atoms with E-state index in [4.69, 9.17) is 9.47 Å². The standard InChI is InChI=1S/C17H16O3/c1-19-17-12-16(10-9-15(17)8-5-11-18)20-13-14-6-3-2-4-7-14/h2-12H,13H2,1H3. The number of hydrogen-bond donors (Lipinski definition) is 0. The van der Waals surface area contributed by atoms with Crippen LogP contribution >= 0.6 is 0 Å². The van der Waals surface area contributed by atoms with E-state index in [1.54, 1.807) is 13.2 Å². The van der Waals surface area contributed by atoms with Crippen LogP contribution in [0.1, 0.15) is 11.1 Å². The van der Waals surface area contributed by atoms with Crippen molar-refractivity contribution >= 4 is 12.4 Å². The number of carbonyl (C=O) groups is 1. The van der Waals surface area contributed by atoms with E-state index in [-0.39, 0.29) is 0 Å². The summed E-state index contributed by atoms with van der Waals surface area (Å²) in [4.78, 5) is 10.4. The summed E-state index contributed by atoms with van der Waals surface area (Å²) in [6.45, 7) is 0.507. The van der Waals surface area contributed by atoms with Gasteiger partial charge in [0.15, 0.2) is 0 Å². The van der Waals surface area contributed by atoms with Gasteiger partial charge in [0.05, 0.1) is 7.11 Å². The second kappa shape index (κ2) is 7.14. The lowest BCUT2D eigenvalue weighted by molar-refractivity contribution is -0.104. The van der Waals surface area contributed by atoms with Gasteiger partial charge in [-0.1, -0.05) is 30.3 Å². The first kappa shape index (κ1) is 13.9. The summed E-state index contributed by atoms with van der Waals surface area (Å²) in [5.74, 6) is 1.41. The molecule has 0 saturated heterocycles. The summed E-state index contributed by atoms with van der Waals surface area (Å²) < 4.78 is 11.0. The summed E-state index contributed by atoms with van der Waals surface area (Å²) in [7, 11) is 1.59. The molecule has 3 heteroatoms. The molecular formula is C17H16O3. The van der Waals surface area contributed by atoms with Crippen LogP contribution in [0.3, 0.4) is 0 Å². The van der Waals surface area contributed by atoms with Gasteiger partial charge >= 0.3 is 0 Å². The molecule has 0 amide bonds. The van der Waals surface area contributed by atoms with Crippen molar-refractivity contribution in [3.63, 3.8) is 0 Å². The highest BCUT2D eigenvalue weighted by molar-refractivity contribution is 5.75. The van der Waals surface area contributed by atoms with E-state index in [1.165, 1.54) is 6.08 Å². The van der Waals surface area contributed by atoms with E-state index in [1.807, 2.05) is 48.5 Å². The zero-order valence-electron chi connectivity index (χ0n) is 11.3. The first-order chi connectivity index (χ1) is 9.83. The fourth-order valence-electron chi connectivity index (χ4n) is 1.80. The number of hydrogen-bond acceptors (Lipinski definition) is 3. The number of rotatable bonds is 6. The van der Waals surface area contributed by atoms with Crippen LogP contribution in [-0.4, -0.2) is 13.4 Å². The fraction of sp³-hybridized carbons (Fsp3) is 0.118. The van der Waals surface area contributed by atoms with Gasteiger partial charge in [0, 0.05) is 11.6 Å². The maximum Gasteiger partial charge on any atom is 0.142 e. The van der Waals surface area contributed by atoms with E-state index in [9.17, 15) is 4.79 Å². The number of allylic oxidation sites excluding steroid dienone is 1. The molecule has 0 N–H and O–H groups in total. The van der Waals surface area contributed by atoms with Gasteiger partial charge in [-0.15, -0.1) is 0 Å². The van der Waals surface area contributed by atoms with Gasteiger partial charge in [-0.25, -0.2) is 0 Å². The van der Waals surface area contributed by atoms with Crippen LogP contribution in [0.2, 0.25) is 0 Å². The first-order valence-corrected chi connectivity index (χ1v) is 6.30. The number of methoxy groups -OCH3 is 1. The van der Waals surface area contributed by atoms with Crippen molar-refractivity contribution in [2.45, 2.75) is 6.61 Å². The van der Waals surface area contributed by atoms with Crippen molar-refractivity contribution in [3.8, 4) is 11.5 Å². The van der Waals surface area contributed by atoms with Gasteiger partial charge in [0.2, 0.25) is 0 Å². The summed E-state index contributed by atoms with van der Waals surface area (Å²) in [6, 6.07) is 15.5. The average molecular weight is 268 g/mol. The summed E-state index contributed by atoms with van der Waals surface area (Å²) in [5.41, 5.74) is 1.95. The van der Waals surface area contributed by atoms with E-state index in [0.717, 1.165) is 23.2 Å². The largest absolute Gasteiger partial charge is 0.496 e. The molecule has 0 saturated carbocycles. The molecule has 0 radical (unpaired) electrons. The van der Waals surface area contributed by atoms with Crippen molar-refractivity contribution < 1.29 is 14.3 Å². The van der Waals surface area contributed by atoms with Crippen LogP contribution in [0, 0.1) is 0 Å². The molecule has 0 aliphatic heterocycles. The molecule has 3 nitrogen and oxygen atoms in total. The van der Waals surface area contributed by atoms with Crippen molar-refractivity contribution in [2.75, 3.05) is 7.11 Å². The Kier molecular flexibility index (Phi) is 4.95. The second-order valence-corrected chi connectivity index (χ2v) is 4.17. The van der Waals surface area contributed by atoms with E-state index in [2.05, 4.69) is 0 Å². The van der Waals surface area contributed by atoms with Gasteiger partial charge in [-0.2, -0.15) is 0 Å². The van der Waals surface area contributed by atoms with Crippen molar-refractivity contribution in [2.24, 2.45) is 0 Å². The second-order valence-electron chi connectivity index (χ2n) is 4.17. The number of aldehydes is 1. The Labute approximate surface area is 118 Å². The lowest BCUT2D eigenvalue weighted by Crippen LogP contribution is -1.96. The van der Waals surface area contributed by atoms with Gasteiger partial charge in [0.25, 0.3) is 0 Å². The monoisotopic (exact) mass is 268 g/mol. The SMILES string of the molecule is COc1cc(OCc2ccccc2)ccc1C=CC=O. The minimum atomic E-state index is 0.507. The lowest BCUT2D eigenvalue weighted by Gasteiger charge is -2.10. The smallest absolute Gasteiger partial charge is 0.142 e. The fourth-order valence-corrected chi connectivity index (χ4v) is 1.80. The topological polar surface area (TPSA) is 35.5 Å². The third-order valence-corrected chi connectivity index (χ3v) is 2.81. The minimum absolute atomic E-state index is 0.507. The van der Waals surface area contributed by atoms with Crippen LogP contribution in [0.25, 0.3) is 6.08 Å². The third kappa shape index (κ3) is 3.72. The zero-order valence-corrected chi connectivity index (χ0v) is 11.3. The van der Waals surface area contributed by atoms with E-state index in [0.29, 0.717) is 12.4 Å². The highest BCUT2D eigenvalue weighted by Crippen LogP contribution is 2.26. The molecule has 0 unspecified atom stereocenters. The Balaban J connectivity index is 2.09. The van der Waals surface area contributed by atoms with Crippen molar-refractivity contribution in [3.05, 3.63) is 65.7 Å². The van der Waals surface area contributed by atoms with Crippen LogP contribution in [0.15, 0.2) is 54.6 Å². The van der Waals surface area contributed by atoms with Crippen LogP contribution in [0.4, 0.5) is 0 Å². The zero-order chi connectivity index (χ0) is 14.2. The van der Waals surface area contributed by atoms with E-state index < -0.39 is 0 Å². The summed E-state index contributed by atoms with van der Waals surface area (Å²) in [5, 5.41) is 0. The molecule has 2 aromatic rings. The minimum Gasteiger partial charge on any atom is -0.496 e. The molecule has 0 spiro atoms. The molecule has 0 aliphatic carbocycles. The Bertz CT molecular complexity index is 588. The highest BCUT2D eigenvalue weighted by Gasteiger charge is 2.03. The Morgan fingerprint density at radius 1 is 1.10 bits per heavy atom. The highest BCUT2D eigenvalue weighted by atomic mass is 16.5. The molecular weight excluding hydrogens is 252 g/mol. The third-order valence-electron chi connectivity index (χ3n) is 2.81. The van der Waals surface area contributed by atoms with E-state index >= 15 is 0 Å². The van der Waals surface area contributed by atoms with Crippen LogP contribution < -0.4 is 9.47 Å².